The zero-order valence-corrected chi connectivity index (χ0v) is 21.9. The van der Waals surface area contributed by atoms with Crippen LogP contribution in [0.3, 0.4) is 0 Å². The van der Waals surface area contributed by atoms with Gasteiger partial charge < -0.3 is 28.7 Å². The molecule has 2 amide bonds. The van der Waals surface area contributed by atoms with Gasteiger partial charge in [-0.1, -0.05) is 36.4 Å². The van der Waals surface area contributed by atoms with Crippen LogP contribution in [0.5, 0.6) is 23.0 Å². The van der Waals surface area contributed by atoms with E-state index in [9.17, 15) is 9.59 Å². The van der Waals surface area contributed by atoms with Gasteiger partial charge in [0.15, 0.2) is 11.5 Å². The second-order valence-electron chi connectivity index (χ2n) is 9.45. The van der Waals surface area contributed by atoms with Gasteiger partial charge >= 0.3 is 0 Å². The molecule has 198 valence electrons. The Hall–Kier alpha value is -4.20. The van der Waals surface area contributed by atoms with Crippen LogP contribution in [0.1, 0.15) is 23.5 Å². The van der Waals surface area contributed by atoms with E-state index >= 15 is 0 Å². The minimum absolute atomic E-state index is 0.00546. The quantitative estimate of drug-likeness (QED) is 0.470. The molecule has 38 heavy (non-hydrogen) atoms. The summed E-state index contributed by atoms with van der Waals surface area (Å²) in [6.45, 7) is 1.66. The van der Waals surface area contributed by atoms with Crippen molar-refractivity contribution in [3.63, 3.8) is 0 Å². The lowest BCUT2D eigenvalue weighted by molar-refractivity contribution is -0.138. The van der Waals surface area contributed by atoms with Crippen molar-refractivity contribution in [3.05, 3.63) is 71.8 Å². The summed E-state index contributed by atoms with van der Waals surface area (Å²) < 4.78 is 23.0. The van der Waals surface area contributed by atoms with Crippen molar-refractivity contribution >= 4 is 11.8 Å². The molecule has 3 aromatic rings. The summed E-state index contributed by atoms with van der Waals surface area (Å²) in [5, 5.41) is 0. The molecule has 1 fully saturated rings. The van der Waals surface area contributed by atoms with Gasteiger partial charge in [0.2, 0.25) is 11.8 Å². The Morgan fingerprint density at radius 1 is 0.947 bits per heavy atom. The molecule has 1 atom stereocenters. The van der Waals surface area contributed by atoms with E-state index in [2.05, 4.69) is 0 Å². The van der Waals surface area contributed by atoms with Crippen LogP contribution in [0.4, 0.5) is 0 Å². The van der Waals surface area contributed by atoms with Crippen LogP contribution in [-0.4, -0.2) is 69.2 Å². The molecule has 0 bridgehead atoms. The topological polar surface area (TPSA) is 77.5 Å². The highest BCUT2D eigenvalue weighted by Crippen LogP contribution is 2.44. The van der Waals surface area contributed by atoms with Crippen LogP contribution >= 0.6 is 0 Å². The minimum atomic E-state index is -0.109. The molecular weight excluding hydrogens is 484 g/mol. The second-order valence-corrected chi connectivity index (χ2v) is 9.45. The van der Waals surface area contributed by atoms with Gasteiger partial charge in [-0.05, 0) is 35.4 Å². The van der Waals surface area contributed by atoms with E-state index in [-0.39, 0.29) is 24.3 Å². The van der Waals surface area contributed by atoms with Gasteiger partial charge in [0.25, 0.3) is 0 Å². The Morgan fingerprint density at radius 3 is 2.34 bits per heavy atom. The van der Waals surface area contributed by atoms with E-state index in [1.165, 1.54) is 0 Å². The molecule has 0 unspecified atom stereocenters. The number of carbonyl (C=O) groups excluding carboxylic acids is 2. The van der Waals surface area contributed by atoms with Gasteiger partial charge in [-0.25, -0.2) is 0 Å². The lowest BCUT2D eigenvalue weighted by Gasteiger charge is -2.24. The molecule has 0 radical (unpaired) electrons. The molecule has 0 N–H and O–H groups in total. The highest BCUT2D eigenvalue weighted by atomic mass is 16.5. The summed E-state index contributed by atoms with van der Waals surface area (Å²) in [6, 6.07) is 19.5. The zero-order chi connectivity index (χ0) is 26.6. The van der Waals surface area contributed by atoms with Crippen LogP contribution in [0.15, 0.2) is 60.7 Å². The highest BCUT2D eigenvalue weighted by molar-refractivity contribution is 5.87. The first kappa shape index (κ1) is 25.4. The lowest BCUT2D eigenvalue weighted by Crippen LogP contribution is -2.41. The van der Waals surface area contributed by atoms with Gasteiger partial charge in [0, 0.05) is 31.0 Å². The maximum atomic E-state index is 13.4. The van der Waals surface area contributed by atoms with Gasteiger partial charge in [-0.2, -0.15) is 0 Å². The lowest BCUT2D eigenvalue weighted by atomic mass is 9.99. The van der Waals surface area contributed by atoms with Crippen LogP contribution in [0.2, 0.25) is 0 Å². The van der Waals surface area contributed by atoms with E-state index in [0.29, 0.717) is 55.7 Å². The van der Waals surface area contributed by atoms with E-state index in [0.717, 1.165) is 22.3 Å². The van der Waals surface area contributed by atoms with E-state index in [1.807, 2.05) is 60.7 Å². The first-order valence-corrected chi connectivity index (χ1v) is 12.7. The highest BCUT2D eigenvalue weighted by Gasteiger charge is 2.33. The fourth-order valence-electron chi connectivity index (χ4n) is 5.27. The largest absolute Gasteiger partial charge is 0.496 e. The third kappa shape index (κ3) is 4.98. The predicted octanol–water partition coefficient (Wildman–Crippen LogP) is 4.12. The summed E-state index contributed by atoms with van der Waals surface area (Å²) in [6.07, 6.45) is 0.421. The third-order valence-corrected chi connectivity index (χ3v) is 7.20. The first-order valence-electron chi connectivity index (χ1n) is 12.7. The molecule has 5 rings (SSSR count). The normalized spacial score (nSPS) is 16.9. The summed E-state index contributed by atoms with van der Waals surface area (Å²) in [7, 11) is 4.83. The standard InChI is InChI=1S/C30H32N2O6/c1-35-24-10-7-11-25(36-2)29(24)21-14-23-18-31(12-13-38-30(23)26(15-21)37-3)28(34)19-32-17-22(16-27(32)33)20-8-5-4-6-9-20/h4-11,14-15,22H,12-13,16-19H2,1-3H3/t22-/m0/s1. The Morgan fingerprint density at radius 2 is 1.66 bits per heavy atom. The molecule has 0 spiro atoms. The van der Waals surface area contributed by atoms with Crippen LogP contribution in [0, 0.1) is 0 Å². The van der Waals surface area contributed by atoms with Gasteiger partial charge in [0.1, 0.15) is 18.1 Å². The van der Waals surface area contributed by atoms with E-state index in [4.69, 9.17) is 18.9 Å². The van der Waals surface area contributed by atoms with Crippen LogP contribution in [-0.2, 0) is 16.1 Å². The SMILES string of the molecule is COc1cc(-c2c(OC)cccc2OC)cc2c1OCCN(C(=O)CN1C[C@@H](c3ccccc3)CC1=O)C2. The maximum absolute atomic E-state index is 13.4. The number of carbonyl (C=O) groups is 2. The molecule has 8 nitrogen and oxygen atoms in total. The van der Waals surface area contributed by atoms with Gasteiger partial charge in [-0.15, -0.1) is 0 Å². The number of hydrogen-bond donors (Lipinski definition) is 0. The Balaban J connectivity index is 1.39. The number of amides is 2. The van der Waals surface area contributed by atoms with Crippen molar-refractivity contribution in [2.45, 2.75) is 18.9 Å². The Bertz CT molecular complexity index is 1300. The van der Waals surface area contributed by atoms with Crippen molar-refractivity contribution in [1.29, 1.82) is 0 Å². The van der Waals surface area contributed by atoms with Gasteiger partial charge in [-0.3, -0.25) is 9.59 Å². The second kappa shape index (κ2) is 11.0. The van der Waals surface area contributed by atoms with E-state index in [1.54, 1.807) is 31.1 Å². The number of hydrogen-bond acceptors (Lipinski definition) is 6. The number of nitrogens with zero attached hydrogens (tertiary/aromatic N) is 2. The predicted molar refractivity (Wildman–Crippen MR) is 143 cm³/mol. The molecule has 2 aliphatic heterocycles. The van der Waals surface area contributed by atoms with Crippen LogP contribution in [0.25, 0.3) is 11.1 Å². The third-order valence-electron chi connectivity index (χ3n) is 7.20. The summed E-state index contributed by atoms with van der Waals surface area (Å²) in [5.41, 5.74) is 3.55. The number of ether oxygens (including phenoxy) is 4. The Labute approximate surface area is 222 Å². The smallest absolute Gasteiger partial charge is 0.242 e. The number of fused-ring (bicyclic) bond motifs is 1. The molecule has 2 heterocycles. The van der Waals surface area contributed by atoms with Gasteiger partial charge in [0.05, 0.1) is 40.0 Å². The number of methoxy groups -OCH3 is 3. The van der Waals surface area contributed by atoms with Crippen LogP contribution < -0.4 is 18.9 Å². The number of benzene rings is 3. The van der Waals surface area contributed by atoms with Crippen molar-refractivity contribution in [2.75, 3.05) is 47.6 Å². The average molecular weight is 517 g/mol. The van der Waals surface area contributed by atoms with Crippen molar-refractivity contribution in [1.82, 2.24) is 9.80 Å². The molecule has 2 aliphatic rings. The number of rotatable bonds is 7. The van der Waals surface area contributed by atoms with Crippen molar-refractivity contribution in [3.8, 4) is 34.1 Å². The van der Waals surface area contributed by atoms with Crippen molar-refractivity contribution in [2.24, 2.45) is 0 Å². The average Bonchev–Trinajstić information content (AvgIpc) is 3.17. The molecule has 3 aromatic carbocycles. The molecule has 8 heteroatoms. The molecule has 0 aromatic heterocycles. The summed E-state index contributed by atoms with van der Waals surface area (Å²) in [5.74, 6) is 2.51. The monoisotopic (exact) mass is 516 g/mol. The zero-order valence-electron chi connectivity index (χ0n) is 21.9. The fraction of sp³-hybridized carbons (Fsp3) is 0.333. The molecular formula is C30H32N2O6. The fourth-order valence-corrected chi connectivity index (χ4v) is 5.27. The maximum Gasteiger partial charge on any atom is 0.242 e. The molecule has 0 saturated carbocycles. The van der Waals surface area contributed by atoms with E-state index < -0.39 is 0 Å². The minimum Gasteiger partial charge on any atom is -0.496 e. The van der Waals surface area contributed by atoms with Crippen molar-refractivity contribution < 1.29 is 28.5 Å². The summed E-state index contributed by atoms with van der Waals surface area (Å²) >= 11 is 0. The molecule has 0 aliphatic carbocycles. The Kier molecular flexibility index (Phi) is 7.40. The summed E-state index contributed by atoms with van der Waals surface area (Å²) in [4.78, 5) is 29.6. The number of likely N-dealkylation sites (tertiary alicyclic amines) is 1. The molecule has 1 saturated heterocycles. The first-order chi connectivity index (χ1) is 18.5.